The number of halogens is 2. The van der Waals surface area contributed by atoms with Crippen LogP contribution in [0.5, 0.6) is 0 Å². The Hall–Kier alpha value is -0.480. The first-order valence-electron chi connectivity index (χ1n) is 9.89. The molecule has 1 aliphatic carbocycles. The molecule has 0 aliphatic heterocycles. The normalized spacial score (nSPS) is 16.2. The van der Waals surface area contributed by atoms with Crippen LogP contribution in [0.25, 0.3) is 0 Å². The summed E-state index contributed by atoms with van der Waals surface area (Å²) < 4.78 is 27.7. The lowest BCUT2D eigenvalue weighted by molar-refractivity contribution is 0.135. The van der Waals surface area contributed by atoms with Crippen LogP contribution in [0.15, 0.2) is 39.0 Å². The van der Waals surface area contributed by atoms with Crippen LogP contribution in [0.3, 0.4) is 0 Å². The standard InChI is InChI=1S/C21H28BrClN2O3S2/c1-21(2,11-14-8-15-6-4-5-7-16(15)9-14)24-12-17(26)13-25(3)30(27,28)19-10-18(22)20(23)29-19/h4-7,10,14,17,24,26H,8-9,11-13H2,1-3H3/t17-/m1/s1. The molecule has 0 saturated carbocycles. The van der Waals surface area contributed by atoms with Crippen LogP contribution in [0, 0.1) is 5.92 Å². The molecule has 1 heterocycles. The lowest BCUT2D eigenvalue weighted by atomic mass is 9.88. The van der Waals surface area contributed by atoms with Gasteiger partial charge in [0.2, 0.25) is 0 Å². The second kappa shape index (κ2) is 9.57. The van der Waals surface area contributed by atoms with Crippen LogP contribution in [-0.4, -0.2) is 49.6 Å². The van der Waals surface area contributed by atoms with Crippen LogP contribution >= 0.6 is 38.9 Å². The van der Waals surface area contributed by atoms with E-state index < -0.39 is 16.1 Å². The van der Waals surface area contributed by atoms with E-state index in [1.807, 2.05) is 0 Å². The Balaban J connectivity index is 1.50. The molecule has 166 valence electrons. The highest BCUT2D eigenvalue weighted by molar-refractivity contribution is 9.10. The Kier molecular flexibility index (Phi) is 7.71. The van der Waals surface area contributed by atoms with Gasteiger partial charge in [-0.3, -0.25) is 0 Å². The van der Waals surface area contributed by atoms with Gasteiger partial charge in [0, 0.05) is 30.1 Å². The minimum atomic E-state index is -3.69. The Morgan fingerprint density at radius 2 is 1.93 bits per heavy atom. The van der Waals surface area contributed by atoms with Crippen LogP contribution in [0.1, 0.15) is 31.4 Å². The molecule has 1 aromatic carbocycles. The first kappa shape index (κ1) is 24.2. The van der Waals surface area contributed by atoms with Crippen LogP contribution in [-0.2, 0) is 22.9 Å². The number of nitrogens with zero attached hydrogens (tertiary/aromatic N) is 1. The van der Waals surface area contributed by atoms with Crippen molar-refractivity contribution in [3.8, 4) is 0 Å². The third-order valence-corrected chi connectivity index (χ3v) is 10.3. The van der Waals surface area contributed by atoms with Crippen molar-refractivity contribution in [1.29, 1.82) is 0 Å². The number of hydrogen-bond acceptors (Lipinski definition) is 5. The highest BCUT2D eigenvalue weighted by Gasteiger charge is 2.30. The fraction of sp³-hybridized carbons (Fsp3) is 0.524. The van der Waals surface area contributed by atoms with E-state index in [0.717, 1.165) is 30.6 Å². The summed E-state index contributed by atoms with van der Waals surface area (Å²) in [7, 11) is -2.22. The second-order valence-corrected chi connectivity index (χ2v) is 13.4. The number of benzene rings is 1. The Labute approximate surface area is 196 Å². The predicted molar refractivity (Wildman–Crippen MR) is 127 cm³/mol. The van der Waals surface area contributed by atoms with Gasteiger partial charge in [-0.1, -0.05) is 35.9 Å². The van der Waals surface area contributed by atoms with Gasteiger partial charge in [0.15, 0.2) is 0 Å². The molecule has 0 spiro atoms. The van der Waals surface area contributed by atoms with Gasteiger partial charge in [0.05, 0.1) is 6.10 Å². The number of thiophene rings is 1. The molecule has 0 fully saturated rings. The first-order chi connectivity index (χ1) is 14.0. The molecule has 1 atom stereocenters. The zero-order chi connectivity index (χ0) is 22.1. The summed E-state index contributed by atoms with van der Waals surface area (Å²) in [6, 6.07) is 10.1. The smallest absolute Gasteiger partial charge is 0.252 e. The fourth-order valence-corrected chi connectivity index (χ4v) is 7.77. The molecule has 0 amide bonds. The molecular formula is C21H28BrClN2O3S2. The number of likely N-dealkylation sites (N-methyl/N-ethyl adjacent to an activating group) is 1. The summed E-state index contributed by atoms with van der Waals surface area (Å²) in [6.45, 7) is 4.59. The van der Waals surface area contributed by atoms with Crippen molar-refractivity contribution in [2.45, 2.75) is 49.0 Å². The minimum absolute atomic E-state index is 0.00736. The highest BCUT2D eigenvalue weighted by atomic mass is 79.9. The zero-order valence-corrected chi connectivity index (χ0v) is 21.3. The van der Waals surface area contributed by atoms with Gasteiger partial charge in [0.1, 0.15) is 8.55 Å². The van der Waals surface area contributed by atoms with Gasteiger partial charge in [-0.2, -0.15) is 4.31 Å². The molecule has 2 aromatic rings. The molecule has 1 aromatic heterocycles. The van der Waals surface area contributed by atoms with Crippen molar-refractivity contribution in [2.24, 2.45) is 5.92 Å². The Morgan fingerprint density at radius 1 is 1.33 bits per heavy atom. The maximum atomic E-state index is 12.7. The predicted octanol–water partition coefficient (Wildman–Crippen LogP) is 4.32. The molecule has 5 nitrogen and oxygen atoms in total. The summed E-state index contributed by atoms with van der Waals surface area (Å²) in [6.07, 6.45) is 2.35. The van der Waals surface area contributed by atoms with Gasteiger partial charge in [0.25, 0.3) is 10.0 Å². The lowest BCUT2D eigenvalue weighted by Gasteiger charge is -2.31. The largest absolute Gasteiger partial charge is 0.390 e. The van der Waals surface area contributed by atoms with Crippen molar-refractivity contribution in [3.05, 3.63) is 50.3 Å². The number of aliphatic hydroxyl groups excluding tert-OH is 1. The second-order valence-electron chi connectivity index (χ2n) is 8.64. The molecule has 0 saturated heterocycles. The van der Waals surface area contributed by atoms with Crippen LogP contribution in [0.4, 0.5) is 0 Å². The Morgan fingerprint density at radius 3 is 2.47 bits per heavy atom. The topological polar surface area (TPSA) is 69.6 Å². The summed E-state index contributed by atoms with van der Waals surface area (Å²) in [5, 5.41) is 13.9. The number of nitrogens with one attached hydrogen (secondary N) is 1. The number of fused-ring (bicyclic) bond motifs is 1. The third kappa shape index (κ3) is 5.85. The molecule has 2 N–H and O–H groups in total. The van der Waals surface area contributed by atoms with Gasteiger partial charge in [-0.25, -0.2) is 8.42 Å². The number of aliphatic hydroxyl groups is 1. The number of sulfonamides is 1. The van der Waals surface area contributed by atoms with E-state index in [9.17, 15) is 13.5 Å². The van der Waals surface area contributed by atoms with E-state index in [4.69, 9.17) is 11.6 Å². The Bertz CT molecular complexity index is 949. The average molecular weight is 536 g/mol. The van der Waals surface area contributed by atoms with Gasteiger partial charge >= 0.3 is 0 Å². The molecule has 1 aliphatic rings. The van der Waals surface area contributed by atoms with E-state index in [2.05, 4.69) is 59.4 Å². The van der Waals surface area contributed by atoms with E-state index in [1.165, 1.54) is 28.5 Å². The fourth-order valence-electron chi connectivity index (χ4n) is 4.05. The van der Waals surface area contributed by atoms with Crippen molar-refractivity contribution in [1.82, 2.24) is 9.62 Å². The summed E-state index contributed by atoms with van der Waals surface area (Å²) in [5.41, 5.74) is 2.72. The first-order valence-corrected chi connectivity index (χ1v) is 13.3. The lowest BCUT2D eigenvalue weighted by Crippen LogP contribution is -2.47. The van der Waals surface area contributed by atoms with Gasteiger partial charge in [-0.15, -0.1) is 11.3 Å². The van der Waals surface area contributed by atoms with Crippen molar-refractivity contribution in [2.75, 3.05) is 20.1 Å². The summed E-state index contributed by atoms with van der Waals surface area (Å²) in [5.74, 6) is 0.576. The maximum Gasteiger partial charge on any atom is 0.252 e. The summed E-state index contributed by atoms with van der Waals surface area (Å²) in [4.78, 5) is 0. The zero-order valence-electron chi connectivity index (χ0n) is 17.4. The van der Waals surface area contributed by atoms with E-state index in [-0.39, 0.29) is 16.3 Å². The van der Waals surface area contributed by atoms with Crippen LogP contribution in [0.2, 0.25) is 4.34 Å². The van der Waals surface area contributed by atoms with Gasteiger partial charge < -0.3 is 10.4 Å². The number of β-amino-alcohol motifs (C(OH)–C–C–N with tert-alkyl or cyclic N) is 1. The molecule has 3 rings (SSSR count). The quantitative estimate of drug-likeness (QED) is 0.502. The molecule has 30 heavy (non-hydrogen) atoms. The molecule has 9 heteroatoms. The highest BCUT2D eigenvalue weighted by Crippen LogP contribution is 2.36. The third-order valence-electron chi connectivity index (χ3n) is 5.51. The van der Waals surface area contributed by atoms with Crippen molar-refractivity contribution >= 4 is 48.9 Å². The minimum Gasteiger partial charge on any atom is -0.390 e. The molecular weight excluding hydrogens is 508 g/mol. The average Bonchev–Trinajstić information content (AvgIpc) is 3.22. The molecule has 0 radical (unpaired) electrons. The van der Waals surface area contributed by atoms with E-state index in [0.29, 0.717) is 21.3 Å². The van der Waals surface area contributed by atoms with Crippen molar-refractivity contribution < 1.29 is 13.5 Å². The monoisotopic (exact) mass is 534 g/mol. The SMILES string of the molecule is CN(C[C@H](O)CNC(C)(C)CC1Cc2ccccc2C1)S(=O)(=O)c1cc(Br)c(Cl)s1. The summed E-state index contributed by atoms with van der Waals surface area (Å²) >= 11 is 10.2. The molecule has 0 bridgehead atoms. The van der Waals surface area contributed by atoms with Gasteiger partial charge in [-0.05, 0) is 72.2 Å². The number of rotatable bonds is 9. The maximum absolute atomic E-state index is 12.7. The van der Waals surface area contributed by atoms with Crippen molar-refractivity contribution in [3.63, 3.8) is 0 Å². The number of hydrogen-bond donors (Lipinski definition) is 2. The van der Waals surface area contributed by atoms with E-state index in [1.54, 1.807) is 0 Å². The van der Waals surface area contributed by atoms with Crippen LogP contribution < -0.4 is 5.32 Å². The molecule has 0 unspecified atom stereocenters. The van der Waals surface area contributed by atoms with E-state index >= 15 is 0 Å².